The Hall–Kier alpha value is -17.5. The Labute approximate surface area is 809 Å². The van der Waals surface area contributed by atoms with Gasteiger partial charge in [-0.2, -0.15) is 10.2 Å². The van der Waals surface area contributed by atoms with Crippen LogP contribution in [0.1, 0.15) is 54.5 Å². The van der Waals surface area contributed by atoms with Gasteiger partial charge < -0.3 is 74.9 Å². The van der Waals surface area contributed by atoms with Gasteiger partial charge in [-0.25, -0.2) is 9.67 Å². The van der Waals surface area contributed by atoms with E-state index in [-0.39, 0.29) is 53.9 Å². The highest BCUT2D eigenvalue weighted by atomic mass is 19.4. The molecule has 0 saturated carbocycles. The zero-order valence-electron chi connectivity index (χ0n) is 76.0. The number of aryl methyl sites for hydroxylation is 3. The smallest absolute Gasteiger partial charge is 0.473 e. The molecule has 0 aliphatic carbocycles. The first kappa shape index (κ1) is 101. The van der Waals surface area contributed by atoms with Crippen molar-refractivity contribution in [1.82, 2.24) is 70.2 Å². The topological polar surface area (TPSA) is 330 Å². The maximum absolute atomic E-state index is 12.3. The quantitative estimate of drug-likeness (QED) is 0.0411. The van der Waals surface area contributed by atoms with Crippen LogP contribution in [0.25, 0.3) is 110 Å². The molecule has 748 valence electrons. The van der Waals surface area contributed by atoms with Crippen LogP contribution in [0.3, 0.4) is 0 Å². The number of aromatic nitrogens is 13. The average molecular weight is 2020 g/mol. The van der Waals surface area contributed by atoms with Crippen LogP contribution in [-0.4, -0.2) is 141 Å². The van der Waals surface area contributed by atoms with Gasteiger partial charge in [-0.15, -0.1) is 65.9 Å². The number of fused-ring (bicyclic) bond motifs is 5. The van der Waals surface area contributed by atoms with Gasteiger partial charge in [0.1, 0.15) is 73.4 Å². The molecule has 0 N–H and O–H groups in total. The normalized spacial score (nSPS) is 12.5. The monoisotopic (exact) mass is 2010 g/mol. The predicted octanol–water partition coefficient (Wildman–Crippen LogP) is 24.7. The minimum absolute atomic E-state index is 0.00103. The van der Waals surface area contributed by atoms with Crippen LogP contribution in [0.5, 0.6) is 58.1 Å². The van der Waals surface area contributed by atoms with Crippen molar-refractivity contribution >= 4 is 60.8 Å². The Kier molecular flexibility index (Phi) is 30.6. The van der Waals surface area contributed by atoms with Crippen LogP contribution in [0.15, 0.2) is 290 Å². The molecular formula is C100H77F15N14O16. The van der Waals surface area contributed by atoms with Gasteiger partial charge >= 0.3 is 31.8 Å². The third-order valence-electron chi connectivity index (χ3n) is 21.3. The van der Waals surface area contributed by atoms with Gasteiger partial charge in [-0.3, -0.25) is 24.4 Å². The van der Waals surface area contributed by atoms with E-state index in [4.69, 9.17) is 46.3 Å². The van der Waals surface area contributed by atoms with Crippen LogP contribution in [0.4, 0.5) is 65.9 Å². The van der Waals surface area contributed by atoms with Crippen LogP contribution in [0, 0.1) is 20.8 Å². The Morgan fingerprint density at radius 2 is 0.710 bits per heavy atom. The molecular weight excluding hydrogens is 1940 g/mol. The molecule has 20 rings (SSSR count). The molecule has 45 heteroatoms. The van der Waals surface area contributed by atoms with E-state index >= 15 is 0 Å². The number of ether oxygens (including phenoxy) is 10. The molecule has 19 aromatic rings. The zero-order chi connectivity index (χ0) is 102. The van der Waals surface area contributed by atoms with Crippen LogP contribution in [-0.2, 0) is 24.6 Å². The number of amides is 1. The van der Waals surface area contributed by atoms with Crippen molar-refractivity contribution in [2.75, 3.05) is 32.9 Å². The Morgan fingerprint density at radius 1 is 0.366 bits per heavy atom. The lowest BCUT2D eigenvalue weighted by Crippen LogP contribution is -2.29. The molecule has 1 aliphatic rings. The SMILES string of the molecule is CC(COc1noc2ccc(-c3ccc(OC(F)(F)F)cc3)cc12)n1cccn1.Cc1cnc(COc2noc3ccc(-c4ccc(OC(F)(F)F)cc4)cc23)cn1.Cc1nc(C)n(CCOc2noc3ccc(-c4ccc(OC(F)(F)F)cc4)cc23)n1.FC(F)(F)Oc1ccc(-c2ccc3onc(OCc4ccccn4)c3c2)cc1.O=C1CCCN1CCOc1noc2ccc(-c3ccc(OC(F)(F)F)cc3)cc12. The molecule has 10 heterocycles. The second kappa shape index (κ2) is 44.2. The maximum Gasteiger partial charge on any atom is 0.573 e. The van der Waals surface area contributed by atoms with E-state index in [1.165, 1.54) is 84.9 Å². The highest BCUT2D eigenvalue weighted by Gasteiger charge is 2.36. The molecule has 1 saturated heterocycles. The van der Waals surface area contributed by atoms with Crippen LogP contribution < -0.4 is 47.4 Å². The Balaban J connectivity index is 0.000000130. The Bertz CT molecular complexity index is 7540. The fraction of sp³-hybridized carbons (Fsp3) is 0.200. The third kappa shape index (κ3) is 27.8. The van der Waals surface area contributed by atoms with Gasteiger partial charge in [0.15, 0.2) is 27.9 Å². The van der Waals surface area contributed by atoms with E-state index in [1.807, 2.05) is 70.3 Å². The summed E-state index contributed by atoms with van der Waals surface area (Å²) in [7, 11) is 0. The first-order chi connectivity index (χ1) is 69.4. The van der Waals surface area contributed by atoms with Crippen LogP contribution >= 0.6 is 0 Å². The van der Waals surface area contributed by atoms with Crippen molar-refractivity contribution in [3.8, 4) is 114 Å². The van der Waals surface area contributed by atoms with E-state index < -0.39 is 31.8 Å². The van der Waals surface area contributed by atoms with Crippen molar-refractivity contribution in [1.29, 1.82) is 0 Å². The van der Waals surface area contributed by atoms with Crippen LogP contribution in [0.2, 0.25) is 0 Å². The number of nitrogens with zero attached hydrogens (tertiary/aromatic N) is 14. The fourth-order valence-electron chi connectivity index (χ4n) is 14.5. The Morgan fingerprint density at radius 3 is 1.01 bits per heavy atom. The lowest BCUT2D eigenvalue weighted by molar-refractivity contribution is -0.275. The first-order valence-electron chi connectivity index (χ1n) is 43.7. The molecule has 145 heavy (non-hydrogen) atoms. The fourth-order valence-corrected chi connectivity index (χ4v) is 14.5. The lowest BCUT2D eigenvalue weighted by atomic mass is 10.0. The molecule has 9 aromatic heterocycles. The number of rotatable bonds is 28. The summed E-state index contributed by atoms with van der Waals surface area (Å²) >= 11 is 0. The van der Waals surface area contributed by atoms with E-state index in [0.717, 1.165) is 63.6 Å². The molecule has 1 amide bonds. The molecule has 1 unspecified atom stereocenters. The molecule has 1 atom stereocenters. The molecule has 10 aromatic carbocycles. The van der Waals surface area contributed by atoms with Gasteiger partial charge in [0.25, 0.3) is 29.4 Å². The number of pyridine rings is 1. The molecule has 0 radical (unpaired) electrons. The summed E-state index contributed by atoms with van der Waals surface area (Å²) < 4.78 is 263. The van der Waals surface area contributed by atoms with Crippen molar-refractivity contribution in [3.05, 3.63) is 296 Å². The number of hydrogen-bond acceptors (Lipinski definition) is 27. The lowest BCUT2D eigenvalue weighted by Gasteiger charge is -2.14. The van der Waals surface area contributed by atoms with E-state index in [2.05, 4.69) is 79.6 Å². The number of carbonyl (C=O) groups excluding carboxylic acids is 1. The highest BCUT2D eigenvalue weighted by molar-refractivity contribution is 5.91. The number of benzene rings is 10. The molecule has 1 aliphatic heterocycles. The summed E-state index contributed by atoms with van der Waals surface area (Å²) in [4.78, 5) is 30.2. The number of likely N-dealkylation sites (tertiary alicyclic amines) is 1. The molecule has 0 spiro atoms. The number of hydrogen-bond donors (Lipinski definition) is 0. The predicted molar refractivity (Wildman–Crippen MR) is 489 cm³/mol. The molecule has 30 nitrogen and oxygen atoms in total. The summed E-state index contributed by atoms with van der Waals surface area (Å²) in [5.74, 6) is 1.81. The largest absolute Gasteiger partial charge is 0.573 e. The third-order valence-corrected chi connectivity index (χ3v) is 21.3. The average Bonchev–Trinajstić information content (AvgIpc) is 1.68. The first-order valence-corrected chi connectivity index (χ1v) is 43.7. The minimum Gasteiger partial charge on any atom is -0.473 e. The van der Waals surface area contributed by atoms with Gasteiger partial charge in [-0.05, 0) is 255 Å². The van der Waals surface area contributed by atoms with Gasteiger partial charge in [0.2, 0.25) is 5.91 Å². The van der Waals surface area contributed by atoms with Gasteiger partial charge in [-0.1, -0.05) is 97.1 Å². The zero-order valence-corrected chi connectivity index (χ0v) is 76.0. The van der Waals surface area contributed by atoms with E-state index in [1.54, 1.807) is 154 Å². The highest BCUT2D eigenvalue weighted by Crippen LogP contribution is 2.40. The van der Waals surface area contributed by atoms with Gasteiger partial charge in [0, 0.05) is 37.8 Å². The summed E-state index contributed by atoms with van der Waals surface area (Å²) in [6, 6.07) is 62.0. The van der Waals surface area contributed by atoms with Gasteiger partial charge in [0.05, 0.1) is 69.3 Å². The van der Waals surface area contributed by atoms with Crippen molar-refractivity contribution in [2.45, 2.75) is 98.1 Å². The molecule has 1 fully saturated rings. The van der Waals surface area contributed by atoms with E-state index in [0.29, 0.717) is 157 Å². The van der Waals surface area contributed by atoms with Crippen molar-refractivity contribution in [3.63, 3.8) is 0 Å². The second-order valence-corrected chi connectivity index (χ2v) is 31.7. The number of carbonyl (C=O) groups is 1. The van der Waals surface area contributed by atoms with Crippen molar-refractivity contribution < 1.29 is 141 Å². The minimum atomic E-state index is -4.73. The van der Waals surface area contributed by atoms with E-state index in [9.17, 15) is 70.7 Å². The standard InChI is InChI=1S/C20H17F3N4O3.C20H16F3N3O3.C20H14F3N3O3.C20H17F3N2O4.C20H13F3N2O3/c1-12-24-13(2)27(25-12)9-10-28-19-17-11-15(5-8-18(17)30-26-19)14-3-6-16(7-4-14)29-20(21,22)23;1-13(26-10-2-9-24-26)12-27-19-17-11-15(5-8-18(17)29-25-19)14-3-6-16(7-4-14)28-20(21,22)23;1-12-9-25-15(10-24-12)11-27-19-17-8-14(4-7-18(17)29-26-19)13-2-5-16(6-3-13)28-20(21,22)23;21-20(22,23)28-15-6-3-13(4-7-15)14-5-8-17-16(12-14)19(24-29-17)27-11-10-25-9-1-2-18(25)26;21-20(22,23)27-16-7-4-13(5-8-16)14-6-9-18-17(11-14)19(25-28-18)26-12-15-3-1-2-10-24-15/h3-8,11H,9-10H2,1-2H3;2-11,13H,12H2,1H3;2-10H,11H2,1H3;3-8,12H,1-2,9-11H2;1-11H,12H2. The summed E-state index contributed by atoms with van der Waals surface area (Å²) in [6.07, 6.45) is -13.7. The second-order valence-electron chi connectivity index (χ2n) is 31.7. The number of alkyl halides is 15. The summed E-state index contributed by atoms with van der Waals surface area (Å²) in [5.41, 5.74) is 12.3. The maximum atomic E-state index is 12.3. The summed E-state index contributed by atoms with van der Waals surface area (Å²) in [6.45, 7) is 10.6. The van der Waals surface area contributed by atoms with Crippen molar-refractivity contribution in [2.24, 2.45) is 0 Å². The summed E-state index contributed by atoms with van der Waals surface area (Å²) in [5, 5.41) is 31.4. The molecule has 0 bridgehead atoms. The number of halogens is 15.